The number of morpholine rings is 2. The van der Waals surface area contributed by atoms with Crippen molar-refractivity contribution in [1.29, 1.82) is 0 Å². The van der Waals surface area contributed by atoms with Crippen LogP contribution in [-0.4, -0.2) is 83.2 Å². The van der Waals surface area contributed by atoms with Gasteiger partial charge in [0.2, 0.25) is 5.95 Å². The number of aliphatic hydroxyl groups excluding tert-OH is 1. The molecule has 0 radical (unpaired) electrons. The second kappa shape index (κ2) is 15.7. The van der Waals surface area contributed by atoms with E-state index in [0.29, 0.717) is 38.9 Å². The van der Waals surface area contributed by atoms with E-state index in [-0.39, 0.29) is 10.6 Å². The van der Waals surface area contributed by atoms with Crippen molar-refractivity contribution in [2.75, 3.05) is 80.1 Å². The van der Waals surface area contributed by atoms with E-state index in [2.05, 4.69) is 43.6 Å². The number of aromatic nitrogens is 2. The maximum absolute atomic E-state index is 12.7. The molecule has 0 bridgehead atoms. The lowest BCUT2D eigenvalue weighted by Gasteiger charge is -2.33. The minimum atomic E-state index is -3.94. The molecule has 2 saturated heterocycles. The number of ether oxygens (including phenoxy) is 2. The highest BCUT2D eigenvalue weighted by molar-refractivity contribution is 7.87. The minimum absolute atomic E-state index is 0.101. The smallest absolute Gasteiger partial charge is 0.339 e. The number of aliphatic hydroxyl groups is 1. The Bertz CT molecular complexity index is 1640. The van der Waals surface area contributed by atoms with E-state index in [1.54, 1.807) is 36.5 Å². The summed E-state index contributed by atoms with van der Waals surface area (Å²) < 4.78 is 42.0. The predicted molar refractivity (Wildman–Crippen MR) is 179 cm³/mol. The lowest BCUT2D eigenvalue weighted by atomic mass is 10.2. The Morgan fingerprint density at radius 3 is 2.11 bits per heavy atom. The van der Waals surface area contributed by atoms with E-state index in [1.165, 1.54) is 12.1 Å². The molecule has 1 aromatic heterocycles. The van der Waals surface area contributed by atoms with Gasteiger partial charge < -0.3 is 39.2 Å². The SMILES string of the molecule is CO.Cc1ccc(OS(=O)(=O)c2ccccc2)cc1NCc1ccnc(Nc2cc(N3CCOCC3)cc(N3CCOCC3)c2)n1. The summed E-state index contributed by atoms with van der Waals surface area (Å²) in [4.78, 5) is 14.0. The molecule has 0 unspecified atom stereocenters. The van der Waals surface area contributed by atoms with E-state index in [0.717, 1.165) is 67.3 Å². The quantitative estimate of drug-likeness (QED) is 0.213. The summed E-state index contributed by atoms with van der Waals surface area (Å²) in [6.07, 6.45) is 1.72. The first-order valence-corrected chi connectivity index (χ1v) is 16.5. The van der Waals surface area contributed by atoms with Gasteiger partial charge in [-0.1, -0.05) is 24.3 Å². The van der Waals surface area contributed by atoms with Crippen LogP contribution in [0.4, 0.5) is 28.7 Å². The average Bonchev–Trinajstić information content (AvgIpc) is 3.10. The van der Waals surface area contributed by atoms with Crippen LogP contribution in [0.1, 0.15) is 11.3 Å². The largest absolute Gasteiger partial charge is 0.400 e. The molecule has 3 aromatic carbocycles. The number of nitrogens with one attached hydrogen (secondary N) is 2. The number of nitrogens with zero attached hydrogens (tertiary/aromatic N) is 4. The lowest BCUT2D eigenvalue weighted by Crippen LogP contribution is -2.38. The molecule has 0 amide bonds. The van der Waals surface area contributed by atoms with Crippen molar-refractivity contribution in [1.82, 2.24) is 9.97 Å². The van der Waals surface area contributed by atoms with E-state index >= 15 is 0 Å². The average molecular weight is 649 g/mol. The van der Waals surface area contributed by atoms with Crippen LogP contribution in [0.25, 0.3) is 0 Å². The molecule has 12 nitrogen and oxygen atoms in total. The van der Waals surface area contributed by atoms with E-state index < -0.39 is 10.1 Å². The van der Waals surface area contributed by atoms with Crippen LogP contribution in [0, 0.1) is 6.92 Å². The zero-order valence-electron chi connectivity index (χ0n) is 26.1. The van der Waals surface area contributed by atoms with Crippen molar-refractivity contribution in [2.45, 2.75) is 18.4 Å². The molecule has 244 valence electrons. The number of hydrogen-bond acceptors (Lipinski definition) is 12. The van der Waals surface area contributed by atoms with Gasteiger partial charge in [-0.2, -0.15) is 8.42 Å². The second-order valence-electron chi connectivity index (χ2n) is 10.6. The molecule has 2 aliphatic rings. The van der Waals surface area contributed by atoms with Gasteiger partial charge in [0.25, 0.3) is 0 Å². The molecule has 6 rings (SSSR count). The molecule has 13 heteroatoms. The molecule has 0 atom stereocenters. The lowest BCUT2D eigenvalue weighted by molar-refractivity contribution is 0.122. The summed E-state index contributed by atoms with van der Waals surface area (Å²) >= 11 is 0. The van der Waals surface area contributed by atoms with Gasteiger partial charge in [-0.05, 0) is 55.0 Å². The van der Waals surface area contributed by atoms with E-state index in [1.807, 2.05) is 19.1 Å². The van der Waals surface area contributed by atoms with Gasteiger partial charge in [0.1, 0.15) is 10.6 Å². The van der Waals surface area contributed by atoms with Gasteiger partial charge in [-0.3, -0.25) is 0 Å². The fourth-order valence-corrected chi connectivity index (χ4v) is 6.09. The molecule has 0 aliphatic carbocycles. The molecule has 3 N–H and O–H groups in total. The van der Waals surface area contributed by atoms with Gasteiger partial charge in [-0.25, -0.2) is 9.97 Å². The number of rotatable bonds is 10. The Balaban J connectivity index is 0.00000204. The third-order valence-corrected chi connectivity index (χ3v) is 8.79. The van der Waals surface area contributed by atoms with Gasteiger partial charge in [0.05, 0.1) is 38.7 Å². The van der Waals surface area contributed by atoms with Crippen LogP contribution in [0.15, 0.2) is 83.9 Å². The third-order valence-electron chi connectivity index (χ3n) is 7.53. The van der Waals surface area contributed by atoms with Crippen LogP contribution < -0.4 is 24.6 Å². The highest BCUT2D eigenvalue weighted by Gasteiger charge is 2.19. The Morgan fingerprint density at radius 2 is 1.48 bits per heavy atom. The molecule has 0 spiro atoms. The van der Waals surface area contributed by atoms with E-state index in [4.69, 9.17) is 23.7 Å². The number of benzene rings is 3. The summed E-state index contributed by atoms with van der Waals surface area (Å²) in [5.41, 5.74) is 5.61. The normalized spacial score (nSPS) is 15.0. The fourth-order valence-electron chi connectivity index (χ4n) is 5.15. The molecule has 46 heavy (non-hydrogen) atoms. The van der Waals surface area contributed by atoms with Crippen LogP contribution in [-0.2, 0) is 26.1 Å². The zero-order chi connectivity index (χ0) is 32.4. The Kier molecular flexibility index (Phi) is 11.3. The van der Waals surface area contributed by atoms with Crippen LogP contribution in [0.3, 0.4) is 0 Å². The molecule has 2 aliphatic heterocycles. The van der Waals surface area contributed by atoms with Crippen molar-refractivity contribution < 1.29 is 27.2 Å². The number of aryl methyl sites for hydroxylation is 1. The van der Waals surface area contributed by atoms with Gasteiger partial charge in [-0.15, -0.1) is 0 Å². The van der Waals surface area contributed by atoms with Gasteiger partial charge in [0, 0.05) is 68.3 Å². The van der Waals surface area contributed by atoms with Crippen LogP contribution >= 0.6 is 0 Å². The fraction of sp³-hybridized carbons (Fsp3) is 0.333. The first-order chi connectivity index (χ1) is 22.4. The summed E-state index contributed by atoms with van der Waals surface area (Å²) in [5, 5.41) is 13.8. The van der Waals surface area contributed by atoms with Gasteiger partial charge in [0.15, 0.2) is 0 Å². The maximum Gasteiger partial charge on any atom is 0.339 e. The van der Waals surface area contributed by atoms with Crippen LogP contribution in [0.5, 0.6) is 5.75 Å². The minimum Gasteiger partial charge on any atom is -0.400 e. The van der Waals surface area contributed by atoms with Crippen molar-refractivity contribution >= 4 is 38.8 Å². The first-order valence-electron chi connectivity index (χ1n) is 15.1. The van der Waals surface area contributed by atoms with Crippen LogP contribution in [0.2, 0.25) is 0 Å². The molecular weight excluding hydrogens is 608 g/mol. The van der Waals surface area contributed by atoms with Gasteiger partial charge >= 0.3 is 10.1 Å². The third kappa shape index (κ3) is 8.63. The molecule has 0 saturated carbocycles. The van der Waals surface area contributed by atoms with E-state index in [9.17, 15) is 8.42 Å². The monoisotopic (exact) mass is 648 g/mol. The summed E-state index contributed by atoms with van der Waals surface area (Å²) in [7, 11) is -2.94. The Hall–Kier alpha value is -4.43. The molecular formula is C33H40N6O6S. The van der Waals surface area contributed by atoms with Crippen molar-refractivity contribution in [3.8, 4) is 5.75 Å². The molecule has 2 fully saturated rings. The predicted octanol–water partition coefficient (Wildman–Crippen LogP) is 4.19. The standard InChI is InChI=1S/C32H36N6O5S.CH4O/c1-24-7-8-29(43-44(39,40)30-5-3-2-4-6-30)22-31(24)34-23-25-9-10-33-32(35-25)36-26-19-27(37-11-15-41-16-12-37)21-28(20-26)38-13-17-42-18-14-38;1-2/h2-10,19-22,34H,11-18,23H2,1H3,(H,33,35,36);2H,1H3. The molecule has 4 aromatic rings. The summed E-state index contributed by atoms with van der Waals surface area (Å²) in [6, 6.07) is 21.6. The van der Waals surface area contributed by atoms with Crippen molar-refractivity contribution in [3.05, 3.63) is 90.3 Å². The maximum atomic E-state index is 12.7. The highest BCUT2D eigenvalue weighted by Crippen LogP contribution is 2.31. The summed E-state index contributed by atoms with van der Waals surface area (Å²) in [5.74, 6) is 0.710. The summed E-state index contributed by atoms with van der Waals surface area (Å²) in [6.45, 7) is 8.54. The van der Waals surface area contributed by atoms with Crippen molar-refractivity contribution in [3.63, 3.8) is 0 Å². The highest BCUT2D eigenvalue weighted by atomic mass is 32.2. The second-order valence-corrected chi connectivity index (χ2v) is 12.2. The topological polar surface area (TPSA) is 138 Å². The van der Waals surface area contributed by atoms with Crippen molar-refractivity contribution in [2.24, 2.45) is 0 Å². The molecule has 3 heterocycles. The zero-order valence-corrected chi connectivity index (χ0v) is 26.9. The number of anilines is 5. The number of hydrogen-bond donors (Lipinski definition) is 3. The Labute approximate surface area is 270 Å². The first kappa shape index (κ1) is 32.9. The Morgan fingerprint density at radius 1 is 0.848 bits per heavy atom.